The predicted octanol–water partition coefficient (Wildman–Crippen LogP) is 3.06. The lowest BCUT2D eigenvalue weighted by atomic mass is 10.1. The molecule has 0 saturated carbocycles. The van der Waals surface area contributed by atoms with Gasteiger partial charge in [-0.25, -0.2) is 4.79 Å². The summed E-state index contributed by atoms with van der Waals surface area (Å²) in [4.78, 5) is 10.4. The second kappa shape index (κ2) is 6.86. The Morgan fingerprint density at radius 2 is 1.95 bits per heavy atom. The second-order valence-corrected chi connectivity index (χ2v) is 4.27. The van der Waals surface area contributed by atoms with Gasteiger partial charge in [0.05, 0.1) is 19.2 Å². The van der Waals surface area contributed by atoms with Crippen LogP contribution in [0.4, 0.5) is 13.2 Å². The number of hydrogen-bond acceptors (Lipinski definition) is 4. The third kappa shape index (κ3) is 4.40. The van der Waals surface area contributed by atoms with Crippen LogP contribution in [-0.4, -0.2) is 38.1 Å². The van der Waals surface area contributed by atoms with Crippen LogP contribution in [0, 0.1) is 0 Å². The minimum Gasteiger partial charge on any atom is -0.493 e. The number of aliphatic carboxylic acids is 1. The van der Waals surface area contributed by atoms with Crippen LogP contribution in [0.15, 0.2) is 12.1 Å². The van der Waals surface area contributed by atoms with Crippen LogP contribution in [0.3, 0.4) is 0 Å². The molecule has 0 bridgehead atoms. The molecule has 0 aliphatic rings. The first-order valence-electron chi connectivity index (χ1n) is 5.52. The fourth-order valence-electron chi connectivity index (χ4n) is 1.62. The van der Waals surface area contributed by atoms with E-state index in [4.69, 9.17) is 26.2 Å². The molecule has 1 aromatic carbocycles. The summed E-state index contributed by atoms with van der Waals surface area (Å²) in [6.45, 7) is -1.10. The molecule has 0 unspecified atom stereocenters. The smallest absolute Gasteiger partial charge is 0.418 e. The Morgan fingerprint density at radius 3 is 2.38 bits per heavy atom. The summed E-state index contributed by atoms with van der Waals surface area (Å²) in [7, 11) is 2.52. The lowest BCUT2D eigenvalue weighted by Crippen LogP contribution is -2.26. The topological polar surface area (TPSA) is 65.0 Å². The number of benzene rings is 1. The SMILES string of the molecule is COc1cc([C@@H](OCC(=O)O)C(F)(F)F)cc(Cl)c1OC. The molecule has 5 nitrogen and oxygen atoms in total. The zero-order valence-corrected chi connectivity index (χ0v) is 11.8. The summed E-state index contributed by atoms with van der Waals surface area (Å²) in [6, 6.07) is 2.02. The van der Waals surface area contributed by atoms with Gasteiger partial charge in [0, 0.05) is 0 Å². The molecule has 0 fully saturated rings. The molecule has 0 heterocycles. The first kappa shape index (κ1) is 17.4. The van der Waals surface area contributed by atoms with Gasteiger partial charge in [0.2, 0.25) is 0 Å². The number of hydrogen-bond donors (Lipinski definition) is 1. The molecule has 0 spiro atoms. The highest BCUT2D eigenvalue weighted by molar-refractivity contribution is 6.32. The summed E-state index contributed by atoms with van der Waals surface area (Å²) >= 11 is 5.83. The standard InChI is InChI=1S/C12H12ClF3O5/c1-19-8-4-6(3-7(13)10(8)20-2)11(12(14,15)16)21-5-9(17)18/h3-4,11H,5H2,1-2H3,(H,17,18)/t11-/m1/s1. The minimum atomic E-state index is -4.81. The average Bonchev–Trinajstić information content (AvgIpc) is 2.36. The van der Waals surface area contributed by atoms with Crippen molar-refractivity contribution in [3.8, 4) is 11.5 Å². The molecule has 0 amide bonds. The lowest BCUT2D eigenvalue weighted by molar-refractivity contribution is -0.225. The highest BCUT2D eigenvalue weighted by atomic mass is 35.5. The number of methoxy groups -OCH3 is 2. The van der Waals surface area contributed by atoms with Crippen molar-refractivity contribution < 1.29 is 37.3 Å². The molecule has 0 aliphatic heterocycles. The molecule has 9 heteroatoms. The maximum absolute atomic E-state index is 13.0. The van der Waals surface area contributed by atoms with E-state index in [-0.39, 0.29) is 22.1 Å². The van der Waals surface area contributed by atoms with Gasteiger partial charge in [-0.2, -0.15) is 13.2 Å². The summed E-state index contributed by atoms with van der Waals surface area (Å²) in [6.07, 6.45) is -7.25. The van der Waals surface area contributed by atoms with Crippen molar-refractivity contribution in [3.63, 3.8) is 0 Å². The third-order valence-electron chi connectivity index (χ3n) is 2.43. The van der Waals surface area contributed by atoms with Crippen molar-refractivity contribution >= 4 is 17.6 Å². The number of carboxylic acids is 1. The van der Waals surface area contributed by atoms with Gasteiger partial charge in [0.1, 0.15) is 6.61 Å². The van der Waals surface area contributed by atoms with E-state index in [0.29, 0.717) is 0 Å². The molecule has 1 atom stereocenters. The summed E-state index contributed by atoms with van der Waals surface area (Å²) < 4.78 is 53.1. The van der Waals surface area contributed by atoms with E-state index in [0.717, 1.165) is 12.1 Å². The molecular weight excluding hydrogens is 317 g/mol. The number of halogens is 4. The monoisotopic (exact) mass is 328 g/mol. The van der Waals surface area contributed by atoms with Gasteiger partial charge in [-0.1, -0.05) is 11.6 Å². The van der Waals surface area contributed by atoms with E-state index in [1.165, 1.54) is 14.2 Å². The summed E-state index contributed by atoms with van der Waals surface area (Å²) in [5, 5.41) is 8.34. The normalized spacial score (nSPS) is 12.9. The van der Waals surface area contributed by atoms with Gasteiger partial charge in [-0.15, -0.1) is 0 Å². The van der Waals surface area contributed by atoms with E-state index >= 15 is 0 Å². The van der Waals surface area contributed by atoms with Gasteiger partial charge in [-0.3, -0.25) is 0 Å². The predicted molar refractivity (Wildman–Crippen MR) is 66.9 cm³/mol. The van der Waals surface area contributed by atoms with Crippen LogP contribution < -0.4 is 9.47 Å². The van der Waals surface area contributed by atoms with Crippen molar-refractivity contribution in [1.82, 2.24) is 0 Å². The van der Waals surface area contributed by atoms with Crippen LogP contribution in [0.1, 0.15) is 11.7 Å². The Labute approximate surface area is 123 Å². The first-order chi connectivity index (χ1) is 9.70. The highest BCUT2D eigenvalue weighted by Gasteiger charge is 2.43. The van der Waals surface area contributed by atoms with E-state index in [1.54, 1.807) is 0 Å². The Bertz CT molecular complexity index is 518. The Balaban J connectivity index is 3.24. The third-order valence-corrected chi connectivity index (χ3v) is 2.71. The zero-order valence-electron chi connectivity index (χ0n) is 11.0. The summed E-state index contributed by atoms with van der Waals surface area (Å²) in [5.74, 6) is -1.47. The molecule has 0 radical (unpaired) electrons. The second-order valence-electron chi connectivity index (χ2n) is 3.86. The maximum atomic E-state index is 13.0. The number of alkyl halides is 3. The van der Waals surface area contributed by atoms with E-state index < -0.39 is 24.9 Å². The minimum absolute atomic E-state index is 0.0202. The molecule has 0 aliphatic carbocycles. The van der Waals surface area contributed by atoms with Gasteiger partial charge in [0.15, 0.2) is 17.6 Å². The Kier molecular flexibility index (Phi) is 5.68. The van der Waals surface area contributed by atoms with E-state index in [1.807, 2.05) is 0 Å². The number of rotatable bonds is 6. The van der Waals surface area contributed by atoms with Gasteiger partial charge in [0.25, 0.3) is 0 Å². The largest absolute Gasteiger partial charge is 0.493 e. The average molecular weight is 329 g/mol. The quantitative estimate of drug-likeness (QED) is 0.869. The molecule has 1 N–H and O–H groups in total. The summed E-state index contributed by atoms with van der Waals surface area (Å²) in [5.41, 5.74) is -0.383. The van der Waals surface area contributed by atoms with Crippen molar-refractivity contribution in [1.29, 1.82) is 0 Å². The van der Waals surface area contributed by atoms with Crippen molar-refractivity contribution in [2.24, 2.45) is 0 Å². The fraction of sp³-hybridized carbons (Fsp3) is 0.417. The molecule has 118 valence electrons. The van der Waals surface area contributed by atoms with Crippen molar-refractivity contribution in [2.45, 2.75) is 12.3 Å². The molecule has 0 saturated heterocycles. The molecule has 1 aromatic rings. The number of carboxylic acid groups (broad SMARTS) is 1. The van der Waals surface area contributed by atoms with Gasteiger partial charge < -0.3 is 19.3 Å². The molecular formula is C12H12ClF3O5. The van der Waals surface area contributed by atoms with Crippen LogP contribution in [0.5, 0.6) is 11.5 Å². The van der Waals surface area contributed by atoms with E-state index in [2.05, 4.69) is 4.74 Å². The first-order valence-corrected chi connectivity index (χ1v) is 5.90. The molecule has 0 aromatic heterocycles. The van der Waals surface area contributed by atoms with Crippen LogP contribution >= 0.6 is 11.6 Å². The van der Waals surface area contributed by atoms with E-state index in [9.17, 15) is 18.0 Å². The highest BCUT2D eigenvalue weighted by Crippen LogP contribution is 2.42. The zero-order chi connectivity index (χ0) is 16.2. The number of ether oxygens (including phenoxy) is 3. The number of carbonyl (C=O) groups is 1. The molecule has 21 heavy (non-hydrogen) atoms. The van der Waals surface area contributed by atoms with Crippen LogP contribution in [-0.2, 0) is 9.53 Å². The fourth-order valence-corrected chi connectivity index (χ4v) is 1.92. The lowest BCUT2D eigenvalue weighted by Gasteiger charge is -2.22. The van der Waals surface area contributed by atoms with Crippen LogP contribution in [0.2, 0.25) is 5.02 Å². The van der Waals surface area contributed by atoms with Crippen molar-refractivity contribution in [3.05, 3.63) is 22.7 Å². The van der Waals surface area contributed by atoms with Gasteiger partial charge in [-0.05, 0) is 17.7 Å². The Hall–Kier alpha value is -1.67. The van der Waals surface area contributed by atoms with Gasteiger partial charge >= 0.3 is 12.1 Å². The van der Waals surface area contributed by atoms with Crippen molar-refractivity contribution in [2.75, 3.05) is 20.8 Å². The Morgan fingerprint density at radius 1 is 1.33 bits per heavy atom. The maximum Gasteiger partial charge on any atom is 0.418 e. The van der Waals surface area contributed by atoms with Crippen LogP contribution in [0.25, 0.3) is 0 Å². The molecule has 1 rings (SSSR count).